The Morgan fingerprint density at radius 2 is 1.75 bits per heavy atom. The molecule has 0 aliphatic carbocycles. The molecular formula is C18H35FN4O. The molecule has 140 valence electrons. The number of piperidine rings is 1. The number of carbonyl (C=O) groups excluding carboxylic acids is 1. The van der Waals surface area contributed by atoms with Crippen molar-refractivity contribution in [3.8, 4) is 0 Å². The highest BCUT2D eigenvalue weighted by molar-refractivity contribution is 5.74. The monoisotopic (exact) mass is 342 g/mol. The molecule has 2 aliphatic heterocycles. The van der Waals surface area contributed by atoms with Crippen LogP contribution in [0.3, 0.4) is 0 Å². The summed E-state index contributed by atoms with van der Waals surface area (Å²) >= 11 is 0. The molecule has 6 heteroatoms. The Labute approximate surface area is 146 Å². The molecule has 2 heterocycles. The first-order chi connectivity index (χ1) is 11.3. The Bertz CT molecular complexity index is 421. The molecule has 0 aromatic heterocycles. The van der Waals surface area contributed by atoms with Crippen LogP contribution in [0.1, 0.15) is 40.5 Å². The van der Waals surface area contributed by atoms with Gasteiger partial charge in [-0.3, -0.25) is 9.80 Å². The van der Waals surface area contributed by atoms with Crippen LogP contribution in [-0.2, 0) is 0 Å². The summed E-state index contributed by atoms with van der Waals surface area (Å²) in [6.07, 6.45) is 1.88. The van der Waals surface area contributed by atoms with E-state index in [0.717, 1.165) is 45.6 Å². The topological polar surface area (TPSA) is 30.0 Å². The van der Waals surface area contributed by atoms with Crippen LogP contribution in [0.4, 0.5) is 9.18 Å². The number of alkyl halides is 1. The van der Waals surface area contributed by atoms with Crippen molar-refractivity contribution in [3.05, 3.63) is 0 Å². The zero-order valence-electron chi connectivity index (χ0n) is 16.1. The number of halogens is 1. The van der Waals surface area contributed by atoms with Gasteiger partial charge in [0.25, 0.3) is 0 Å². The maximum absolute atomic E-state index is 13.0. The highest BCUT2D eigenvalue weighted by Gasteiger charge is 2.44. The van der Waals surface area contributed by atoms with Gasteiger partial charge < -0.3 is 9.80 Å². The van der Waals surface area contributed by atoms with Crippen molar-refractivity contribution >= 4 is 6.03 Å². The smallest absolute Gasteiger partial charge is 0.319 e. The van der Waals surface area contributed by atoms with Crippen LogP contribution in [0.2, 0.25) is 0 Å². The number of rotatable bonds is 4. The van der Waals surface area contributed by atoms with Crippen LogP contribution in [-0.4, -0.2) is 96.2 Å². The summed E-state index contributed by atoms with van der Waals surface area (Å²) in [5, 5.41) is 0. The number of carbonyl (C=O) groups is 1. The minimum absolute atomic E-state index is 0.0296. The Hall–Kier alpha value is -0.880. The predicted molar refractivity (Wildman–Crippen MR) is 96.1 cm³/mol. The van der Waals surface area contributed by atoms with Gasteiger partial charge in [-0.25, -0.2) is 9.18 Å². The number of likely N-dealkylation sites (tertiary alicyclic amines) is 1. The molecule has 0 radical (unpaired) electrons. The van der Waals surface area contributed by atoms with E-state index in [2.05, 4.69) is 23.6 Å². The van der Waals surface area contributed by atoms with E-state index in [9.17, 15) is 9.18 Å². The third-order valence-corrected chi connectivity index (χ3v) is 5.95. The van der Waals surface area contributed by atoms with Crippen LogP contribution in [0.15, 0.2) is 0 Å². The fraction of sp³-hybridized carbons (Fsp3) is 0.944. The second-order valence-electron chi connectivity index (χ2n) is 7.94. The largest absolute Gasteiger partial charge is 0.325 e. The van der Waals surface area contributed by atoms with Gasteiger partial charge in [-0.05, 0) is 40.5 Å². The first-order valence-corrected chi connectivity index (χ1v) is 9.37. The maximum Gasteiger partial charge on any atom is 0.319 e. The average Bonchev–Trinajstić information content (AvgIpc) is 2.56. The van der Waals surface area contributed by atoms with E-state index in [4.69, 9.17) is 0 Å². The molecular weight excluding hydrogens is 307 g/mol. The van der Waals surface area contributed by atoms with Crippen molar-refractivity contribution in [1.82, 2.24) is 19.6 Å². The van der Waals surface area contributed by atoms with Gasteiger partial charge in [-0.15, -0.1) is 0 Å². The third kappa shape index (κ3) is 4.02. The van der Waals surface area contributed by atoms with Gasteiger partial charge in [0.05, 0.1) is 0 Å². The number of amides is 2. The summed E-state index contributed by atoms with van der Waals surface area (Å²) in [6, 6.07) is 0.845. The summed E-state index contributed by atoms with van der Waals surface area (Å²) in [7, 11) is 1.87. The van der Waals surface area contributed by atoms with Gasteiger partial charge in [0.15, 0.2) is 0 Å². The molecule has 5 nitrogen and oxygen atoms in total. The highest BCUT2D eigenvalue weighted by Crippen LogP contribution is 2.33. The zero-order chi connectivity index (χ0) is 17.9. The van der Waals surface area contributed by atoms with E-state index < -0.39 is 0 Å². The van der Waals surface area contributed by atoms with Crippen molar-refractivity contribution < 1.29 is 9.18 Å². The molecule has 0 bridgehead atoms. The van der Waals surface area contributed by atoms with Crippen molar-refractivity contribution in [1.29, 1.82) is 0 Å². The lowest BCUT2D eigenvalue weighted by atomic mass is 9.83. The zero-order valence-corrected chi connectivity index (χ0v) is 16.1. The number of piperazine rings is 1. The lowest BCUT2D eigenvalue weighted by Gasteiger charge is -2.55. The number of nitrogens with zero attached hydrogens (tertiary/aromatic N) is 4. The van der Waals surface area contributed by atoms with E-state index in [1.165, 1.54) is 0 Å². The van der Waals surface area contributed by atoms with Crippen LogP contribution < -0.4 is 0 Å². The van der Waals surface area contributed by atoms with Gasteiger partial charge in [-0.1, -0.05) is 0 Å². The normalized spacial score (nSPS) is 22.6. The number of hydrogen-bond acceptors (Lipinski definition) is 3. The fourth-order valence-electron chi connectivity index (χ4n) is 3.97. The molecule has 0 aromatic carbocycles. The van der Waals surface area contributed by atoms with Crippen molar-refractivity contribution in [2.45, 2.75) is 58.2 Å². The van der Waals surface area contributed by atoms with E-state index in [1.54, 1.807) is 4.90 Å². The molecule has 2 aliphatic rings. The minimum Gasteiger partial charge on any atom is -0.325 e. The Kier molecular flexibility index (Phi) is 6.48. The van der Waals surface area contributed by atoms with Crippen LogP contribution in [0.25, 0.3) is 0 Å². The molecule has 2 saturated heterocycles. The number of urea groups is 1. The standard InChI is InChI=1S/C18H35FN4O/c1-15(2)20(5)17(24)21-9-6-18(7-10-21)14-22(16(3)4)12-13-23(18)11-8-19/h15-16H,6-14H2,1-5H3. The van der Waals surface area contributed by atoms with E-state index in [0.29, 0.717) is 12.6 Å². The van der Waals surface area contributed by atoms with Crippen molar-refractivity contribution in [2.75, 3.05) is 53.0 Å². The molecule has 1 spiro atoms. The highest BCUT2D eigenvalue weighted by atomic mass is 19.1. The Balaban J connectivity index is 2.05. The molecule has 0 atom stereocenters. The second-order valence-corrected chi connectivity index (χ2v) is 7.94. The SMILES string of the molecule is CC(C)N1CCN(CCF)C2(CCN(C(=O)N(C)C(C)C)CC2)C1. The van der Waals surface area contributed by atoms with Crippen LogP contribution >= 0.6 is 0 Å². The molecule has 0 N–H and O–H groups in total. The van der Waals surface area contributed by atoms with Gasteiger partial charge >= 0.3 is 6.03 Å². The van der Waals surface area contributed by atoms with Gasteiger partial charge in [0.1, 0.15) is 6.67 Å². The first-order valence-electron chi connectivity index (χ1n) is 9.37. The fourth-order valence-corrected chi connectivity index (χ4v) is 3.97. The van der Waals surface area contributed by atoms with E-state index >= 15 is 0 Å². The molecule has 0 aromatic rings. The predicted octanol–water partition coefficient (Wildman–Crippen LogP) is 2.28. The van der Waals surface area contributed by atoms with Crippen molar-refractivity contribution in [3.63, 3.8) is 0 Å². The van der Waals surface area contributed by atoms with E-state index in [1.807, 2.05) is 25.8 Å². The third-order valence-electron chi connectivity index (χ3n) is 5.95. The quantitative estimate of drug-likeness (QED) is 0.785. The summed E-state index contributed by atoms with van der Waals surface area (Å²) in [4.78, 5) is 21.2. The Morgan fingerprint density at radius 1 is 1.12 bits per heavy atom. The first kappa shape index (κ1) is 19.4. The minimum atomic E-state index is -0.290. The van der Waals surface area contributed by atoms with Crippen molar-refractivity contribution in [2.24, 2.45) is 0 Å². The Morgan fingerprint density at radius 3 is 2.25 bits per heavy atom. The molecule has 2 amide bonds. The van der Waals surface area contributed by atoms with Crippen LogP contribution in [0.5, 0.6) is 0 Å². The second kappa shape index (κ2) is 8.00. The summed E-state index contributed by atoms with van der Waals surface area (Å²) in [5.41, 5.74) is 0.0296. The summed E-state index contributed by atoms with van der Waals surface area (Å²) in [5.74, 6) is 0. The van der Waals surface area contributed by atoms with Gasteiger partial charge in [-0.2, -0.15) is 0 Å². The molecule has 2 fully saturated rings. The van der Waals surface area contributed by atoms with Gasteiger partial charge in [0, 0.05) is 63.9 Å². The average molecular weight is 343 g/mol. The number of hydrogen-bond donors (Lipinski definition) is 0. The lowest BCUT2D eigenvalue weighted by Crippen LogP contribution is -2.67. The van der Waals surface area contributed by atoms with Crippen LogP contribution in [0, 0.1) is 0 Å². The molecule has 24 heavy (non-hydrogen) atoms. The molecule has 0 saturated carbocycles. The lowest BCUT2D eigenvalue weighted by molar-refractivity contribution is -0.0487. The van der Waals surface area contributed by atoms with Gasteiger partial charge in [0.2, 0.25) is 0 Å². The summed E-state index contributed by atoms with van der Waals surface area (Å²) in [6.45, 7) is 13.2. The maximum atomic E-state index is 13.0. The molecule has 0 unspecified atom stereocenters. The summed E-state index contributed by atoms with van der Waals surface area (Å²) < 4.78 is 13.0. The molecule has 2 rings (SSSR count). The van der Waals surface area contributed by atoms with E-state index in [-0.39, 0.29) is 24.3 Å².